The van der Waals surface area contributed by atoms with Crippen molar-refractivity contribution in [1.29, 1.82) is 0 Å². The van der Waals surface area contributed by atoms with Crippen LogP contribution in [0.15, 0.2) is 18.2 Å². The van der Waals surface area contributed by atoms with Crippen molar-refractivity contribution in [3.8, 4) is 0 Å². The number of halogens is 2. The van der Waals surface area contributed by atoms with Gasteiger partial charge in [-0.25, -0.2) is 4.39 Å². The lowest BCUT2D eigenvalue weighted by Crippen LogP contribution is -2.31. The fraction of sp³-hybridized carbons (Fsp3) is 0.462. The lowest BCUT2D eigenvalue weighted by molar-refractivity contribution is -0.141. The Bertz CT molecular complexity index is 425. The second kappa shape index (κ2) is 6.71. The van der Waals surface area contributed by atoms with Crippen LogP contribution in [0.1, 0.15) is 19.4 Å². The lowest BCUT2D eigenvalue weighted by atomic mass is 10.1. The van der Waals surface area contributed by atoms with Crippen LogP contribution in [0.2, 0.25) is 5.02 Å². The summed E-state index contributed by atoms with van der Waals surface area (Å²) >= 11 is 5.99. The van der Waals surface area contributed by atoms with Crippen molar-refractivity contribution in [3.05, 3.63) is 34.6 Å². The Morgan fingerprint density at radius 3 is 2.78 bits per heavy atom. The predicted molar refractivity (Wildman–Crippen MR) is 69.2 cm³/mol. The molecule has 5 heteroatoms. The number of carbonyl (C=O) groups is 1. The molecule has 1 rings (SSSR count). The molecule has 1 atom stereocenters. The Kier molecular flexibility index (Phi) is 5.56. The topological polar surface area (TPSA) is 40.5 Å². The Morgan fingerprint density at radius 1 is 1.56 bits per heavy atom. The Morgan fingerprint density at radius 2 is 2.22 bits per heavy atom. The number of rotatable bonds is 6. The maximum atomic E-state index is 13.1. The van der Waals surface area contributed by atoms with Crippen LogP contribution in [0.5, 0.6) is 0 Å². The molecule has 1 aromatic carbocycles. The highest BCUT2D eigenvalue weighted by atomic mass is 35.5. The first kappa shape index (κ1) is 14.9. The summed E-state index contributed by atoms with van der Waals surface area (Å²) in [5.74, 6) is -1.63. The van der Waals surface area contributed by atoms with E-state index in [9.17, 15) is 9.18 Å². The van der Waals surface area contributed by atoms with Crippen LogP contribution in [-0.4, -0.2) is 29.1 Å². The van der Waals surface area contributed by atoms with E-state index >= 15 is 0 Å². The summed E-state index contributed by atoms with van der Waals surface area (Å²) in [5, 5.41) is 9.38. The number of benzene rings is 1. The molecule has 100 valence electrons. The summed E-state index contributed by atoms with van der Waals surface area (Å²) in [6.45, 7) is 5.13. The van der Waals surface area contributed by atoms with E-state index in [0.29, 0.717) is 30.2 Å². The summed E-state index contributed by atoms with van der Waals surface area (Å²) in [7, 11) is 0. The highest BCUT2D eigenvalue weighted by Gasteiger charge is 2.16. The molecule has 3 nitrogen and oxygen atoms in total. The molecular formula is C13H17ClFNO2. The highest BCUT2D eigenvalue weighted by molar-refractivity contribution is 6.31. The maximum absolute atomic E-state index is 13.1. The van der Waals surface area contributed by atoms with Gasteiger partial charge in [0.2, 0.25) is 0 Å². The Balaban J connectivity index is 2.73. The van der Waals surface area contributed by atoms with E-state index in [0.717, 1.165) is 0 Å². The lowest BCUT2D eigenvalue weighted by Gasteiger charge is -2.23. The summed E-state index contributed by atoms with van der Waals surface area (Å²) < 4.78 is 13.1. The summed E-state index contributed by atoms with van der Waals surface area (Å²) in [5.41, 5.74) is 0.677. The van der Waals surface area contributed by atoms with E-state index in [1.165, 1.54) is 18.2 Å². The third-order valence-electron chi connectivity index (χ3n) is 2.80. The van der Waals surface area contributed by atoms with Gasteiger partial charge in [0.25, 0.3) is 0 Å². The minimum Gasteiger partial charge on any atom is -0.481 e. The number of carboxylic acid groups (broad SMARTS) is 1. The molecule has 0 spiro atoms. The van der Waals surface area contributed by atoms with Gasteiger partial charge in [-0.2, -0.15) is 0 Å². The summed E-state index contributed by atoms with van der Waals surface area (Å²) in [6.07, 6.45) is 0. The van der Waals surface area contributed by atoms with Crippen LogP contribution in [-0.2, 0) is 11.3 Å². The van der Waals surface area contributed by atoms with Crippen molar-refractivity contribution in [2.24, 2.45) is 5.92 Å². The van der Waals surface area contributed by atoms with Gasteiger partial charge in [-0.05, 0) is 30.3 Å². The van der Waals surface area contributed by atoms with Crippen molar-refractivity contribution in [2.45, 2.75) is 20.4 Å². The van der Waals surface area contributed by atoms with E-state index in [-0.39, 0.29) is 5.82 Å². The Labute approximate surface area is 111 Å². The minimum absolute atomic E-state index is 0.336. The van der Waals surface area contributed by atoms with Crippen LogP contribution >= 0.6 is 11.6 Å². The Hall–Kier alpha value is -1.13. The SMILES string of the molecule is CCN(Cc1cc(F)ccc1Cl)CC(C)C(=O)O. The number of hydrogen-bond donors (Lipinski definition) is 1. The molecule has 0 bridgehead atoms. The first-order chi connectivity index (χ1) is 8.43. The number of carboxylic acids is 1. The van der Waals surface area contributed by atoms with Crippen LogP contribution in [0.4, 0.5) is 4.39 Å². The number of hydrogen-bond acceptors (Lipinski definition) is 2. The third-order valence-corrected chi connectivity index (χ3v) is 3.17. The average Bonchev–Trinajstić information content (AvgIpc) is 2.32. The van der Waals surface area contributed by atoms with Crippen LogP contribution < -0.4 is 0 Å². The van der Waals surface area contributed by atoms with Gasteiger partial charge in [-0.1, -0.05) is 25.4 Å². The standard InChI is InChI=1S/C13H17ClFNO2/c1-3-16(7-9(2)13(17)18)8-10-6-11(15)4-5-12(10)14/h4-6,9H,3,7-8H2,1-2H3,(H,17,18). The molecule has 0 aromatic heterocycles. The van der Waals surface area contributed by atoms with Gasteiger partial charge >= 0.3 is 5.97 Å². The van der Waals surface area contributed by atoms with Gasteiger partial charge < -0.3 is 5.11 Å². The third kappa shape index (κ3) is 4.27. The van der Waals surface area contributed by atoms with Crippen molar-refractivity contribution >= 4 is 17.6 Å². The zero-order valence-electron chi connectivity index (χ0n) is 10.5. The number of nitrogens with zero attached hydrogens (tertiary/aromatic N) is 1. The largest absolute Gasteiger partial charge is 0.481 e. The normalized spacial score (nSPS) is 12.7. The summed E-state index contributed by atoms with van der Waals surface area (Å²) in [6, 6.07) is 4.21. The smallest absolute Gasteiger partial charge is 0.307 e. The molecule has 0 amide bonds. The van der Waals surface area contributed by atoms with E-state index in [2.05, 4.69) is 0 Å². The van der Waals surface area contributed by atoms with E-state index in [1.807, 2.05) is 11.8 Å². The quantitative estimate of drug-likeness (QED) is 0.866. The van der Waals surface area contributed by atoms with E-state index in [1.54, 1.807) is 6.92 Å². The molecule has 18 heavy (non-hydrogen) atoms. The van der Waals surface area contributed by atoms with Gasteiger partial charge in [0.05, 0.1) is 5.92 Å². The fourth-order valence-corrected chi connectivity index (χ4v) is 1.85. The maximum Gasteiger partial charge on any atom is 0.307 e. The molecule has 0 saturated carbocycles. The van der Waals surface area contributed by atoms with Crippen molar-refractivity contribution < 1.29 is 14.3 Å². The van der Waals surface area contributed by atoms with E-state index < -0.39 is 11.9 Å². The van der Waals surface area contributed by atoms with Gasteiger partial charge in [-0.3, -0.25) is 9.69 Å². The van der Waals surface area contributed by atoms with Crippen molar-refractivity contribution in [1.82, 2.24) is 4.90 Å². The molecule has 1 unspecified atom stereocenters. The monoisotopic (exact) mass is 273 g/mol. The van der Waals surface area contributed by atoms with Gasteiger partial charge in [0.15, 0.2) is 0 Å². The first-order valence-corrected chi connectivity index (χ1v) is 6.21. The highest BCUT2D eigenvalue weighted by Crippen LogP contribution is 2.19. The second-order valence-corrected chi connectivity index (χ2v) is 4.71. The number of aliphatic carboxylic acids is 1. The average molecular weight is 274 g/mol. The zero-order chi connectivity index (χ0) is 13.7. The van der Waals surface area contributed by atoms with Crippen LogP contribution in [0.3, 0.4) is 0 Å². The van der Waals surface area contributed by atoms with Crippen molar-refractivity contribution in [2.75, 3.05) is 13.1 Å². The molecule has 0 radical (unpaired) electrons. The van der Waals surface area contributed by atoms with Crippen LogP contribution in [0.25, 0.3) is 0 Å². The van der Waals surface area contributed by atoms with Crippen molar-refractivity contribution in [3.63, 3.8) is 0 Å². The molecule has 1 aromatic rings. The molecule has 0 aliphatic rings. The van der Waals surface area contributed by atoms with E-state index in [4.69, 9.17) is 16.7 Å². The summed E-state index contributed by atoms with van der Waals surface area (Å²) in [4.78, 5) is 12.7. The predicted octanol–water partition coefficient (Wildman–Crippen LogP) is 3.02. The molecule has 1 N–H and O–H groups in total. The fourth-order valence-electron chi connectivity index (χ4n) is 1.68. The second-order valence-electron chi connectivity index (χ2n) is 4.30. The minimum atomic E-state index is -0.834. The first-order valence-electron chi connectivity index (χ1n) is 5.83. The molecule has 0 fully saturated rings. The molecule has 0 saturated heterocycles. The zero-order valence-corrected chi connectivity index (χ0v) is 11.2. The van der Waals surface area contributed by atoms with Gasteiger partial charge in [0, 0.05) is 18.1 Å². The molecule has 0 aliphatic heterocycles. The van der Waals surface area contributed by atoms with Crippen LogP contribution in [0, 0.1) is 11.7 Å². The molecule has 0 aliphatic carbocycles. The molecular weight excluding hydrogens is 257 g/mol. The van der Waals surface area contributed by atoms with Gasteiger partial charge in [-0.15, -0.1) is 0 Å². The van der Waals surface area contributed by atoms with Gasteiger partial charge in [0.1, 0.15) is 5.82 Å². The molecule has 0 heterocycles.